The Morgan fingerprint density at radius 2 is 2.07 bits per heavy atom. The van der Waals surface area contributed by atoms with E-state index in [2.05, 4.69) is 20.0 Å². The van der Waals surface area contributed by atoms with Crippen LogP contribution in [-0.2, 0) is 6.54 Å². The fourth-order valence-corrected chi connectivity index (χ4v) is 1.29. The van der Waals surface area contributed by atoms with E-state index in [0.29, 0.717) is 16.7 Å². The van der Waals surface area contributed by atoms with Gasteiger partial charge in [0.2, 0.25) is 5.82 Å². The maximum Gasteiger partial charge on any atom is 0.272 e. The number of nitrogens with zero attached hydrogens (tertiary/aromatic N) is 3. The number of H-pyrrole nitrogens is 1. The van der Waals surface area contributed by atoms with E-state index >= 15 is 0 Å². The first-order chi connectivity index (χ1) is 7.29. The normalized spacial score (nSPS) is 9.87. The van der Waals surface area contributed by atoms with Crippen LogP contribution in [0.5, 0.6) is 0 Å². The molecule has 0 aliphatic rings. The van der Waals surface area contributed by atoms with Gasteiger partial charge in [0.15, 0.2) is 5.82 Å². The standard InChI is InChI=1S/C10H7ClN4/c1-12-6-9-13-10(15-14-9)7-2-4-8(11)5-3-7/h2-5H,6H2,(H,13,14,15). The Balaban J connectivity index is 2.30. The summed E-state index contributed by atoms with van der Waals surface area (Å²) in [6.07, 6.45) is 0. The number of hydrogen-bond donors (Lipinski definition) is 1. The van der Waals surface area contributed by atoms with Gasteiger partial charge in [-0.05, 0) is 24.3 Å². The molecule has 1 aromatic carbocycles. The molecule has 0 bridgehead atoms. The van der Waals surface area contributed by atoms with Crippen LogP contribution in [0.15, 0.2) is 24.3 Å². The lowest BCUT2D eigenvalue weighted by Crippen LogP contribution is -1.82. The molecule has 4 nitrogen and oxygen atoms in total. The summed E-state index contributed by atoms with van der Waals surface area (Å²) >= 11 is 5.77. The molecule has 74 valence electrons. The SMILES string of the molecule is [C-]#[N+]Cc1nc(-c2ccc(Cl)cc2)n[nH]1. The van der Waals surface area contributed by atoms with E-state index < -0.39 is 0 Å². The van der Waals surface area contributed by atoms with Crippen molar-refractivity contribution in [3.63, 3.8) is 0 Å². The summed E-state index contributed by atoms with van der Waals surface area (Å²) in [7, 11) is 0. The zero-order chi connectivity index (χ0) is 10.7. The zero-order valence-electron chi connectivity index (χ0n) is 7.74. The molecule has 0 spiro atoms. The molecule has 15 heavy (non-hydrogen) atoms. The third kappa shape index (κ3) is 2.14. The number of benzene rings is 1. The number of aromatic amines is 1. The Bertz CT molecular complexity index is 495. The van der Waals surface area contributed by atoms with Crippen LogP contribution in [-0.4, -0.2) is 15.2 Å². The van der Waals surface area contributed by atoms with Crippen LogP contribution in [0.25, 0.3) is 16.2 Å². The summed E-state index contributed by atoms with van der Waals surface area (Å²) in [5, 5.41) is 7.40. The van der Waals surface area contributed by atoms with Crippen molar-refractivity contribution in [2.45, 2.75) is 6.54 Å². The fourth-order valence-electron chi connectivity index (χ4n) is 1.17. The molecule has 1 N–H and O–H groups in total. The number of aromatic nitrogens is 3. The third-order valence-corrected chi connectivity index (χ3v) is 2.11. The average molecular weight is 219 g/mol. The largest absolute Gasteiger partial charge is 0.308 e. The monoisotopic (exact) mass is 218 g/mol. The zero-order valence-corrected chi connectivity index (χ0v) is 8.49. The van der Waals surface area contributed by atoms with E-state index in [9.17, 15) is 0 Å². The molecule has 0 saturated heterocycles. The van der Waals surface area contributed by atoms with E-state index in [1.807, 2.05) is 12.1 Å². The van der Waals surface area contributed by atoms with Gasteiger partial charge in [0.1, 0.15) is 0 Å². The molecular formula is C10H7ClN4. The third-order valence-electron chi connectivity index (χ3n) is 1.86. The molecular weight excluding hydrogens is 212 g/mol. The van der Waals surface area contributed by atoms with Crippen molar-refractivity contribution in [2.75, 3.05) is 0 Å². The smallest absolute Gasteiger partial charge is 0.272 e. The van der Waals surface area contributed by atoms with Crippen molar-refractivity contribution in [3.8, 4) is 11.4 Å². The molecule has 2 aromatic rings. The van der Waals surface area contributed by atoms with E-state index in [4.69, 9.17) is 18.2 Å². The van der Waals surface area contributed by atoms with Crippen LogP contribution in [0.3, 0.4) is 0 Å². The lowest BCUT2D eigenvalue weighted by Gasteiger charge is -1.93. The predicted octanol–water partition coefficient (Wildman–Crippen LogP) is 2.54. The van der Waals surface area contributed by atoms with Gasteiger partial charge in [0.05, 0.1) is 0 Å². The van der Waals surface area contributed by atoms with Crippen molar-refractivity contribution < 1.29 is 0 Å². The minimum Gasteiger partial charge on any atom is -0.308 e. The molecule has 0 unspecified atom stereocenters. The van der Waals surface area contributed by atoms with Crippen LogP contribution >= 0.6 is 11.6 Å². The van der Waals surface area contributed by atoms with Crippen molar-refractivity contribution in [1.82, 2.24) is 15.2 Å². The molecule has 0 radical (unpaired) electrons. The highest BCUT2D eigenvalue weighted by molar-refractivity contribution is 6.30. The molecule has 0 fully saturated rings. The number of halogens is 1. The van der Waals surface area contributed by atoms with Gasteiger partial charge in [-0.25, -0.2) is 11.6 Å². The van der Waals surface area contributed by atoms with Crippen LogP contribution in [0.1, 0.15) is 5.82 Å². The fraction of sp³-hybridized carbons (Fsp3) is 0.100. The molecule has 0 saturated carbocycles. The Labute approximate surface area is 91.7 Å². The van der Waals surface area contributed by atoms with Gasteiger partial charge in [0.25, 0.3) is 6.54 Å². The van der Waals surface area contributed by atoms with Crippen molar-refractivity contribution in [3.05, 3.63) is 46.5 Å². The van der Waals surface area contributed by atoms with Crippen molar-refractivity contribution in [1.29, 1.82) is 0 Å². The molecule has 0 aliphatic carbocycles. The van der Waals surface area contributed by atoms with Crippen LogP contribution in [0.2, 0.25) is 5.02 Å². The first-order valence-corrected chi connectivity index (χ1v) is 4.68. The summed E-state index contributed by atoms with van der Waals surface area (Å²) in [6.45, 7) is 6.92. The highest BCUT2D eigenvalue weighted by Crippen LogP contribution is 2.17. The Morgan fingerprint density at radius 3 is 2.73 bits per heavy atom. The Hall–Kier alpha value is -1.86. The van der Waals surface area contributed by atoms with E-state index in [-0.39, 0.29) is 6.54 Å². The van der Waals surface area contributed by atoms with Gasteiger partial charge in [-0.1, -0.05) is 11.6 Å². The summed E-state index contributed by atoms with van der Waals surface area (Å²) < 4.78 is 0. The average Bonchev–Trinajstić information content (AvgIpc) is 2.68. The van der Waals surface area contributed by atoms with Crippen LogP contribution in [0.4, 0.5) is 0 Å². The van der Waals surface area contributed by atoms with Gasteiger partial charge in [-0.2, -0.15) is 5.10 Å². The van der Waals surface area contributed by atoms with Gasteiger partial charge >= 0.3 is 0 Å². The Morgan fingerprint density at radius 1 is 1.33 bits per heavy atom. The second kappa shape index (κ2) is 4.11. The van der Waals surface area contributed by atoms with E-state index in [1.165, 1.54) is 0 Å². The van der Waals surface area contributed by atoms with E-state index in [0.717, 1.165) is 5.56 Å². The van der Waals surface area contributed by atoms with Gasteiger partial charge in [-0.3, -0.25) is 5.10 Å². The lowest BCUT2D eigenvalue weighted by atomic mass is 10.2. The first-order valence-electron chi connectivity index (χ1n) is 4.30. The number of hydrogen-bond acceptors (Lipinski definition) is 2. The van der Waals surface area contributed by atoms with Gasteiger partial charge < -0.3 is 4.85 Å². The van der Waals surface area contributed by atoms with Crippen LogP contribution in [0, 0.1) is 6.57 Å². The summed E-state index contributed by atoms with van der Waals surface area (Å²) in [5.41, 5.74) is 0.881. The quantitative estimate of drug-likeness (QED) is 0.788. The molecule has 2 rings (SSSR count). The van der Waals surface area contributed by atoms with Crippen LogP contribution < -0.4 is 0 Å². The minimum absolute atomic E-state index is 0.223. The maximum absolute atomic E-state index is 6.70. The first kappa shape index (κ1) is 9.69. The lowest BCUT2D eigenvalue weighted by molar-refractivity contribution is 0.989. The van der Waals surface area contributed by atoms with E-state index in [1.54, 1.807) is 12.1 Å². The molecule has 0 amide bonds. The predicted molar refractivity (Wildman–Crippen MR) is 57.1 cm³/mol. The summed E-state index contributed by atoms with van der Waals surface area (Å²) in [6, 6.07) is 7.24. The molecule has 1 aromatic heterocycles. The highest BCUT2D eigenvalue weighted by atomic mass is 35.5. The maximum atomic E-state index is 6.70. The van der Waals surface area contributed by atoms with Crippen molar-refractivity contribution in [2.24, 2.45) is 0 Å². The minimum atomic E-state index is 0.223. The van der Waals surface area contributed by atoms with Gasteiger partial charge in [-0.15, -0.1) is 0 Å². The summed E-state index contributed by atoms with van der Waals surface area (Å²) in [4.78, 5) is 7.40. The molecule has 0 atom stereocenters. The molecule has 0 aliphatic heterocycles. The second-order valence-corrected chi connectivity index (χ2v) is 3.37. The highest BCUT2D eigenvalue weighted by Gasteiger charge is 2.06. The number of rotatable bonds is 2. The summed E-state index contributed by atoms with van der Waals surface area (Å²) in [5.74, 6) is 1.17. The number of nitrogens with one attached hydrogen (secondary N) is 1. The molecule has 5 heteroatoms. The van der Waals surface area contributed by atoms with Gasteiger partial charge in [0, 0.05) is 10.6 Å². The Kier molecular flexibility index (Phi) is 2.66. The van der Waals surface area contributed by atoms with Crippen molar-refractivity contribution >= 4 is 11.6 Å². The second-order valence-electron chi connectivity index (χ2n) is 2.93. The topological polar surface area (TPSA) is 45.9 Å². The molecule has 1 heterocycles.